The molecule has 0 aliphatic carbocycles. The summed E-state index contributed by atoms with van der Waals surface area (Å²) >= 11 is 0. The SMILES string of the molecule is CC/C=C\C/C=C\C/C=C\C/C=C\C/C=C\C/C=C\C/C=C\C/C=C\C/C=C\C/C=C\CCCCCCC(=O)OC(COC(=O)CCCCCCCC/C=C\C/C=C\C/C=C\C/C=C\C/C=C\C/C=C\C/C=C\C/C=C\CC)COC(OCC[N+](C)(C)C)C(=O)[O-]. The van der Waals surface area contributed by atoms with Crippen LogP contribution in [0.25, 0.3) is 0 Å². The summed E-state index contributed by atoms with van der Waals surface area (Å²) in [6, 6.07) is 0. The lowest BCUT2D eigenvalue weighted by atomic mass is 10.1. The minimum atomic E-state index is -1.65. The van der Waals surface area contributed by atoms with Gasteiger partial charge < -0.3 is 33.3 Å². The highest BCUT2D eigenvalue weighted by molar-refractivity contribution is 5.70. The smallest absolute Gasteiger partial charge is 0.306 e. The number of ether oxygens (including phenoxy) is 4. The van der Waals surface area contributed by atoms with Crippen LogP contribution < -0.4 is 5.11 Å². The van der Waals surface area contributed by atoms with Crippen LogP contribution in [-0.4, -0.2) is 82.3 Å². The van der Waals surface area contributed by atoms with E-state index < -0.39 is 30.3 Å². The van der Waals surface area contributed by atoms with E-state index in [-0.39, 0.29) is 32.7 Å². The van der Waals surface area contributed by atoms with E-state index in [0.717, 1.165) is 180 Å². The lowest BCUT2D eigenvalue weighted by molar-refractivity contribution is -0.870. The van der Waals surface area contributed by atoms with E-state index in [9.17, 15) is 19.5 Å². The van der Waals surface area contributed by atoms with Crippen molar-refractivity contribution in [2.75, 3.05) is 47.5 Å². The normalized spacial score (nSPS) is 14.1. The average Bonchev–Trinajstić information content (AvgIpc) is 3.46. The third-order valence-corrected chi connectivity index (χ3v) is 13.7. The molecule has 0 saturated carbocycles. The summed E-state index contributed by atoms with van der Waals surface area (Å²) in [4.78, 5) is 37.5. The van der Waals surface area contributed by atoms with Gasteiger partial charge in [-0.05, 0) is 154 Å². The topological polar surface area (TPSA) is 111 Å². The molecule has 506 valence electrons. The van der Waals surface area contributed by atoms with Gasteiger partial charge in [-0.25, -0.2) is 0 Å². The second kappa shape index (κ2) is 69.5. The first kappa shape index (κ1) is 84.6. The highest BCUT2D eigenvalue weighted by Gasteiger charge is 2.22. The van der Waals surface area contributed by atoms with Crippen LogP contribution in [0.4, 0.5) is 0 Å². The number of carbonyl (C=O) groups is 3. The molecule has 0 amide bonds. The van der Waals surface area contributed by atoms with Crippen LogP contribution in [0.2, 0.25) is 0 Å². The molecule has 0 bridgehead atoms. The number of esters is 2. The first-order valence-corrected chi connectivity index (χ1v) is 34.9. The van der Waals surface area contributed by atoms with E-state index in [1.165, 1.54) is 0 Å². The summed E-state index contributed by atoms with van der Waals surface area (Å²) in [7, 11) is 5.89. The number of carboxylic acids is 1. The van der Waals surface area contributed by atoms with E-state index in [1.807, 2.05) is 21.1 Å². The van der Waals surface area contributed by atoms with Crippen LogP contribution in [0.1, 0.15) is 219 Å². The van der Waals surface area contributed by atoms with Crippen LogP contribution >= 0.6 is 0 Å². The summed E-state index contributed by atoms with van der Waals surface area (Å²) < 4.78 is 22.7. The van der Waals surface area contributed by atoms with E-state index in [2.05, 4.69) is 233 Å². The minimum Gasteiger partial charge on any atom is -0.545 e. The number of carboxylic acid groups (broad SMARTS) is 1. The van der Waals surface area contributed by atoms with Gasteiger partial charge in [0.05, 0.1) is 40.3 Å². The minimum absolute atomic E-state index is 0.126. The zero-order valence-corrected chi connectivity index (χ0v) is 57.6. The molecule has 0 radical (unpaired) electrons. The van der Waals surface area contributed by atoms with Crippen molar-refractivity contribution in [2.45, 2.75) is 232 Å². The molecule has 0 rings (SSSR count). The Bertz CT molecular complexity index is 2300. The summed E-state index contributed by atoms with van der Waals surface area (Å²) in [6.45, 7) is 4.43. The fraction of sp³-hybridized carbons (Fsp3) is 0.524. The van der Waals surface area contributed by atoms with E-state index in [4.69, 9.17) is 18.9 Å². The predicted molar refractivity (Wildman–Crippen MR) is 388 cm³/mol. The quantitative estimate of drug-likeness (QED) is 0.0195. The van der Waals surface area contributed by atoms with Crippen molar-refractivity contribution in [3.05, 3.63) is 219 Å². The van der Waals surface area contributed by atoms with Gasteiger partial charge in [0.15, 0.2) is 12.4 Å². The number of rotatable bonds is 61. The molecule has 0 N–H and O–H groups in total. The number of allylic oxidation sites excluding steroid dienone is 36. The molecule has 2 atom stereocenters. The van der Waals surface area contributed by atoms with Crippen LogP contribution in [-0.2, 0) is 33.3 Å². The van der Waals surface area contributed by atoms with Crippen molar-refractivity contribution in [1.29, 1.82) is 0 Å². The molecule has 2 unspecified atom stereocenters. The van der Waals surface area contributed by atoms with Gasteiger partial charge in [0.2, 0.25) is 0 Å². The monoisotopic (exact) mass is 1250 g/mol. The maximum absolute atomic E-state index is 12.9. The molecule has 0 saturated heterocycles. The van der Waals surface area contributed by atoms with Gasteiger partial charge in [0.1, 0.15) is 13.2 Å². The largest absolute Gasteiger partial charge is 0.545 e. The fourth-order valence-electron chi connectivity index (χ4n) is 8.46. The molecule has 0 aromatic rings. The van der Waals surface area contributed by atoms with Gasteiger partial charge in [-0.15, -0.1) is 0 Å². The van der Waals surface area contributed by atoms with Crippen molar-refractivity contribution in [2.24, 2.45) is 0 Å². The lowest BCUT2D eigenvalue weighted by Gasteiger charge is -2.26. The number of aliphatic carboxylic acids is 1. The Morgan fingerprint density at radius 2 is 0.593 bits per heavy atom. The van der Waals surface area contributed by atoms with Gasteiger partial charge in [0.25, 0.3) is 0 Å². The molecule has 0 fully saturated rings. The van der Waals surface area contributed by atoms with Crippen molar-refractivity contribution >= 4 is 17.9 Å². The van der Waals surface area contributed by atoms with Gasteiger partial charge >= 0.3 is 11.9 Å². The van der Waals surface area contributed by atoms with Crippen LogP contribution in [0.5, 0.6) is 0 Å². The number of carbonyl (C=O) groups excluding carboxylic acids is 3. The maximum atomic E-state index is 12.9. The third-order valence-electron chi connectivity index (χ3n) is 13.7. The Kier molecular flexibility index (Phi) is 64.6. The molecular formula is C82H125NO8. The highest BCUT2D eigenvalue weighted by Crippen LogP contribution is 2.13. The second-order valence-electron chi connectivity index (χ2n) is 23.3. The van der Waals surface area contributed by atoms with Gasteiger partial charge in [-0.1, -0.05) is 271 Å². The van der Waals surface area contributed by atoms with E-state index in [1.54, 1.807) is 0 Å². The highest BCUT2D eigenvalue weighted by atomic mass is 16.7. The number of hydrogen-bond acceptors (Lipinski definition) is 8. The van der Waals surface area contributed by atoms with E-state index in [0.29, 0.717) is 23.9 Å². The molecule has 9 heteroatoms. The third kappa shape index (κ3) is 70.9. The second-order valence-corrected chi connectivity index (χ2v) is 23.3. The fourth-order valence-corrected chi connectivity index (χ4v) is 8.46. The first-order chi connectivity index (χ1) is 44.6. The summed E-state index contributed by atoms with van der Waals surface area (Å²) in [5.74, 6) is -2.37. The first-order valence-electron chi connectivity index (χ1n) is 34.9. The number of quaternary nitrogens is 1. The number of hydrogen-bond donors (Lipinski definition) is 0. The number of likely N-dealkylation sites (N-methyl/N-ethyl adjacent to an activating group) is 1. The molecule has 0 spiro atoms. The summed E-state index contributed by atoms with van der Waals surface area (Å²) in [6.07, 6.45) is 107. The molecule has 0 aromatic carbocycles. The average molecular weight is 1250 g/mol. The standard InChI is InChI=1S/C82H125NO8/c1-6-8-10-12-14-16-18-20-22-24-26-28-30-32-34-36-38-39-40-41-43-45-47-49-51-53-55-57-59-61-63-65-67-69-71-73-80(85)91-78(77-90-82(81(86)87)88-75-74-83(3,4)5)76-89-79(84)72-70-68-66-64-62-60-58-56-54-52-50-48-46-44-42-37-35-33-31-29-27-25-23-21-19-17-15-13-11-9-7-2/h8-11,14-17,20-23,26-29,32-35,38-39,41-44,47-50,53-56,59,61,78,82H,6-7,12-13,18-19,24-25,30-31,36-37,40,45-46,51-52,57-58,60,62-77H2,1-5H3/b10-8-,11-9-,16-14-,17-15-,22-20-,23-21-,28-26-,29-27-,34-32-,35-33-,39-38-,43-41-,44-42-,49-47-,50-48-,55-53-,56-54-,61-59-. The molecule has 0 aliphatic heterocycles. The zero-order valence-electron chi connectivity index (χ0n) is 57.6. The van der Waals surface area contributed by atoms with Gasteiger partial charge in [0, 0.05) is 12.8 Å². The number of nitrogens with zero attached hydrogens (tertiary/aromatic N) is 1. The van der Waals surface area contributed by atoms with Crippen LogP contribution in [0, 0.1) is 0 Å². The Hall–Kier alpha value is -6.39. The summed E-state index contributed by atoms with van der Waals surface area (Å²) in [5, 5.41) is 11.8. The number of unbranched alkanes of at least 4 members (excludes halogenated alkanes) is 10. The molecule has 0 aliphatic rings. The maximum Gasteiger partial charge on any atom is 0.306 e. The van der Waals surface area contributed by atoms with Crippen molar-refractivity contribution in [1.82, 2.24) is 0 Å². The van der Waals surface area contributed by atoms with E-state index >= 15 is 0 Å². The Labute approximate surface area is 556 Å². The van der Waals surface area contributed by atoms with Crippen molar-refractivity contribution in [3.63, 3.8) is 0 Å². The van der Waals surface area contributed by atoms with Crippen LogP contribution in [0.3, 0.4) is 0 Å². The molecular weight excluding hydrogens is 1130 g/mol. The Morgan fingerprint density at radius 1 is 0.330 bits per heavy atom. The predicted octanol–water partition coefficient (Wildman–Crippen LogP) is 20.8. The molecule has 91 heavy (non-hydrogen) atoms. The molecule has 0 aromatic heterocycles. The lowest BCUT2D eigenvalue weighted by Crippen LogP contribution is -2.44. The van der Waals surface area contributed by atoms with Crippen molar-refractivity contribution in [3.8, 4) is 0 Å². The Morgan fingerprint density at radius 3 is 0.879 bits per heavy atom. The van der Waals surface area contributed by atoms with Gasteiger partial charge in [-0.2, -0.15) is 0 Å². The zero-order chi connectivity index (χ0) is 66.1. The molecule has 9 nitrogen and oxygen atoms in total. The van der Waals surface area contributed by atoms with Crippen LogP contribution in [0.15, 0.2) is 219 Å². The Balaban J connectivity index is 4.33. The van der Waals surface area contributed by atoms with Gasteiger partial charge in [-0.3, -0.25) is 9.59 Å². The molecule has 0 heterocycles. The van der Waals surface area contributed by atoms with Crippen molar-refractivity contribution < 1.29 is 42.9 Å². The summed E-state index contributed by atoms with van der Waals surface area (Å²) in [5.41, 5.74) is 0.